The van der Waals surface area contributed by atoms with Crippen LogP contribution < -0.4 is 4.90 Å². The number of anilines is 1. The standard InChI is InChI=1S/C17H27N3O4/c1-11(2)9-15(21)23-14-7-8-19(6)16(22)20(14)13-10-12(24-18-13)17(3,4)5/h10-11,14H,7-9H2,1-6H3. The van der Waals surface area contributed by atoms with E-state index < -0.39 is 6.23 Å². The van der Waals surface area contributed by atoms with E-state index in [1.54, 1.807) is 18.0 Å². The maximum atomic E-state index is 12.6. The molecule has 0 N–H and O–H groups in total. The van der Waals surface area contributed by atoms with Crippen LogP contribution in [0.4, 0.5) is 10.6 Å². The summed E-state index contributed by atoms with van der Waals surface area (Å²) < 4.78 is 10.9. The smallest absolute Gasteiger partial charge is 0.328 e. The van der Waals surface area contributed by atoms with Crippen LogP contribution in [0.5, 0.6) is 0 Å². The van der Waals surface area contributed by atoms with E-state index in [0.717, 1.165) is 0 Å². The number of esters is 1. The van der Waals surface area contributed by atoms with Gasteiger partial charge < -0.3 is 14.2 Å². The summed E-state index contributed by atoms with van der Waals surface area (Å²) in [6.07, 6.45) is 0.197. The Hall–Kier alpha value is -2.05. The van der Waals surface area contributed by atoms with Crippen molar-refractivity contribution in [3.63, 3.8) is 0 Å². The van der Waals surface area contributed by atoms with E-state index in [1.165, 1.54) is 4.90 Å². The fourth-order valence-electron chi connectivity index (χ4n) is 2.46. The molecule has 1 aromatic rings. The second kappa shape index (κ2) is 6.83. The third kappa shape index (κ3) is 4.07. The van der Waals surface area contributed by atoms with E-state index >= 15 is 0 Å². The zero-order chi connectivity index (χ0) is 18.1. The Labute approximate surface area is 142 Å². The molecule has 0 spiro atoms. The molecule has 7 heteroatoms. The lowest BCUT2D eigenvalue weighted by Gasteiger charge is -2.37. The fourth-order valence-corrected chi connectivity index (χ4v) is 2.46. The molecule has 24 heavy (non-hydrogen) atoms. The fraction of sp³-hybridized carbons (Fsp3) is 0.706. The summed E-state index contributed by atoms with van der Waals surface area (Å²) in [5.74, 6) is 0.939. The highest BCUT2D eigenvalue weighted by Gasteiger charge is 2.37. The van der Waals surface area contributed by atoms with Gasteiger partial charge in [0.2, 0.25) is 0 Å². The van der Waals surface area contributed by atoms with Crippen molar-refractivity contribution in [1.82, 2.24) is 10.1 Å². The highest BCUT2D eigenvalue weighted by Crippen LogP contribution is 2.30. The van der Waals surface area contributed by atoms with Crippen LogP contribution in [0, 0.1) is 5.92 Å². The SMILES string of the molecule is CC(C)CC(=O)OC1CCN(C)C(=O)N1c1cc(C(C)(C)C)on1. The van der Waals surface area contributed by atoms with Gasteiger partial charge in [-0.1, -0.05) is 39.8 Å². The number of ether oxygens (including phenoxy) is 1. The Bertz CT molecular complexity index is 603. The van der Waals surface area contributed by atoms with Gasteiger partial charge in [-0.2, -0.15) is 0 Å². The minimum Gasteiger partial charge on any atom is -0.441 e. The predicted octanol–water partition coefficient (Wildman–Crippen LogP) is 3.15. The van der Waals surface area contributed by atoms with Gasteiger partial charge in [-0.25, -0.2) is 9.69 Å². The average Bonchev–Trinajstić information content (AvgIpc) is 2.91. The lowest BCUT2D eigenvalue weighted by Crippen LogP contribution is -2.55. The third-order valence-corrected chi connectivity index (χ3v) is 3.86. The Morgan fingerprint density at radius 1 is 1.46 bits per heavy atom. The summed E-state index contributed by atoms with van der Waals surface area (Å²) in [7, 11) is 1.71. The zero-order valence-electron chi connectivity index (χ0n) is 15.3. The van der Waals surface area contributed by atoms with Crippen LogP contribution in [0.3, 0.4) is 0 Å². The molecular formula is C17H27N3O4. The molecule has 0 aromatic carbocycles. The Morgan fingerprint density at radius 2 is 2.12 bits per heavy atom. The van der Waals surface area contributed by atoms with Gasteiger partial charge in [-0.15, -0.1) is 0 Å². The molecule has 1 aliphatic heterocycles. The van der Waals surface area contributed by atoms with Crippen molar-refractivity contribution in [2.45, 2.75) is 59.1 Å². The summed E-state index contributed by atoms with van der Waals surface area (Å²) in [5.41, 5.74) is -0.222. The minimum absolute atomic E-state index is 0.201. The maximum Gasteiger partial charge on any atom is 0.328 e. The van der Waals surface area contributed by atoms with Gasteiger partial charge in [0.15, 0.2) is 12.0 Å². The van der Waals surface area contributed by atoms with Crippen molar-refractivity contribution in [2.24, 2.45) is 5.92 Å². The highest BCUT2D eigenvalue weighted by atomic mass is 16.6. The van der Waals surface area contributed by atoms with Gasteiger partial charge in [-0.3, -0.25) is 4.79 Å². The molecular weight excluding hydrogens is 310 g/mol. The van der Waals surface area contributed by atoms with E-state index in [-0.39, 0.29) is 23.3 Å². The average molecular weight is 337 g/mol. The lowest BCUT2D eigenvalue weighted by molar-refractivity contribution is -0.150. The lowest BCUT2D eigenvalue weighted by atomic mass is 9.93. The summed E-state index contributed by atoms with van der Waals surface area (Å²) in [4.78, 5) is 27.6. The van der Waals surface area contributed by atoms with Crippen molar-refractivity contribution in [3.05, 3.63) is 11.8 Å². The monoisotopic (exact) mass is 337 g/mol. The van der Waals surface area contributed by atoms with E-state index in [9.17, 15) is 9.59 Å². The van der Waals surface area contributed by atoms with Gasteiger partial charge in [0, 0.05) is 37.9 Å². The molecule has 1 aliphatic rings. The number of hydrogen-bond acceptors (Lipinski definition) is 5. The van der Waals surface area contributed by atoms with Crippen LogP contribution in [0.25, 0.3) is 0 Å². The molecule has 0 saturated carbocycles. The van der Waals surface area contributed by atoms with E-state index in [0.29, 0.717) is 31.0 Å². The molecule has 1 atom stereocenters. The number of nitrogens with zero attached hydrogens (tertiary/aromatic N) is 3. The van der Waals surface area contributed by atoms with Gasteiger partial charge in [0.1, 0.15) is 5.76 Å². The molecule has 1 aromatic heterocycles. The summed E-state index contributed by atoms with van der Waals surface area (Å²) >= 11 is 0. The minimum atomic E-state index is -0.655. The first-order chi connectivity index (χ1) is 11.1. The van der Waals surface area contributed by atoms with Crippen molar-refractivity contribution in [3.8, 4) is 0 Å². The van der Waals surface area contributed by atoms with Crippen LogP contribution in [0.2, 0.25) is 0 Å². The first-order valence-corrected chi connectivity index (χ1v) is 8.30. The molecule has 0 radical (unpaired) electrons. The normalized spacial score (nSPS) is 19.1. The number of urea groups is 1. The van der Waals surface area contributed by atoms with Crippen LogP contribution >= 0.6 is 0 Å². The molecule has 2 amide bonds. The maximum absolute atomic E-state index is 12.6. The summed E-state index contributed by atoms with van der Waals surface area (Å²) in [5, 5.41) is 4.02. The van der Waals surface area contributed by atoms with Gasteiger partial charge >= 0.3 is 12.0 Å². The second-order valence-corrected chi connectivity index (χ2v) is 7.70. The zero-order valence-corrected chi connectivity index (χ0v) is 15.3. The number of rotatable bonds is 4. The van der Waals surface area contributed by atoms with E-state index in [4.69, 9.17) is 9.26 Å². The third-order valence-electron chi connectivity index (χ3n) is 3.86. The molecule has 1 unspecified atom stereocenters. The summed E-state index contributed by atoms with van der Waals surface area (Å²) in [6.45, 7) is 10.4. The molecule has 1 fully saturated rings. The molecule has 0 bridgehead atoms. The highest BCUT2D eigenvalue weighted by molar-refractivity contribution is 5.92. The van der Waals surface area contributed by atoms with Crippen LogP contribution in [-0.4, -0.2) is 41.9 Å². The van der Waals surface area contributed by atoms with Crippen molar-refractivity contribution < 1.29 is 18.8 Å². The van der Waals surface area contributed by atoms with Crippen LogP contribution in [0.1, 0.15) is 53.2 Å². The predicted molar refractivity (Wildman–Crippen MR) is 89.7 cm³/mol. The summed E-state index contributed by atoms with van der Waals surface area (Å²) in [6, 6.07) is 1.48. The molecule has 1 saturated heterocycles. The number of carbonyl (C=O) groups is 2. The van der Waals surface area contributed by atoms with Crippen LogP contribution in [-0.2, 0) is 14.9 Å². The van der Waals surface area contributed by atoms with Crippen LogP contribution in [0.15, 0.2) is 10.6 Å². The Balaban J connectivity index is 2.24. The van der Waals surface area contributed by atoms with Crippen molar-refractivity contribution >= 4 is 17.8 Å². The number of carbonyl (C=O) groups excluding carboxylic acids is 2. The first kappa shape index (κ1) is 18.3. The molecule has 134 valence electrons. The molecule has 7 nitrogen and oxygen atoms in total. The molecule has 0 aliphatic carbocycles. The van der Waals surface area contributed by atoms with Crippen molar-refractivity contribution in [2.75, 3.05) is 18.5 Å². The van der Waals surface area contributed by atoms with E-state index in [1.807, 2.05) is 34.6 Å². The van der Waals surface area contributed by atoms with Crippen molar-refractivity contribution in [1.29, 1.82) is 0 Å². The molecule has 2 rings (SSSR count). The van der Waals surface area contributed by atoms with Gasteiger partial charge in [0.25, 0.3) is 0 Å². The molecule has 2 heterocycles. The Kier molecular flexibility index (Phi) is 5.20. The number of hydrogen-bond donors (Lipinski definition) is 0. The van der Waals surface area contributed by atoms with Gasteiger partial charge in [-0.05, 0) is 5.92 Å². The first-order valence-electron chi connectivity index (χ1n) is 8.30. The number of aromatic nitrogens is 1. The Morgan fingerprint density at radius 3 is 2.67 bits per heavy atom. The largest absolute Gasteiger partial charge is 0.441 e. The second-order valence-electron chi connectivity index (χ2n) is 7.70. The quantitative estimate of drug-likeness (QED) is 0.789. The topological polar surface area (TPSA) is 75.9 Å². The van der Waals surface area contributed by atoms with E-state index in [2.05, 4.69) is 5.16 Å². The number of amides is 2. The van der Waals surface area contributed by atoms with Gasteiger partial charge in [0.05, 0.1) is 0 Å².